The highest BCUT2D eigenvalue weighted by Gasteiger charge is 2.03. The first-order valence-electron chi connectivity index (χ1n) is 6.17. The molecule has 0 saturated carbocycles. The second kappa shape index (κ2) is 8.22. The van der Waals surface area contributed by atoms with Gasteiger partial charge in [-0.3, -0.25) is 10.00 Å². The fourth-order valence-electron chi connectivity index (χ4n) is 1.61. The summed E-state index contributed by atoms with van der Waals surface area (Å²) in [6.45, 7) is 6.71. The second-order valence-corrected chi connectivity index (χ2v) is 4.22. The first-order valence-corrected chi connectivity index (χ1v) is 6.17. The van der Waals surface area contributed by atoms with Gasteiger partial charge in [0, 0.05) is 39.0 Å². The number of aromatic amines is 1. The molecule has 5 heteroatoms. The van der Waals surface area contributed by atoms with Crippen molar-refractivity contribution < 1.29 is 4.74 Å². The highest BCUT2D eigenvalue weighted by Crippen LogP contribution is 2.02. The van der Waals surface area contributed by atoms with E-state index in [2.05, 4.69) is 40.5 Å². The third-order valence-electron chi connectivity index (χ3n) is 2.64. The van der Waals surface area contributed by atoms with Gasteiger partial charge in [0.15, 0.2) is 0 Å². The Labute approximate surface area is 104 Å². The number of hydrogen-bond donors (Lipinski definition) is 2. The molecule has 2 N–H and O–H groups in total. The fraction of sp³-hybridized carbons (Fsp3) is 0.750. The molecule has 5 nitrogen and oxygen atoms in total. The number of methoxy groups -OCH3 is 1. The molecule has 0 spiro atoms. The zero-order valence-corrected chi connectivity index (χ0v) is 11.1. The third kappa shape index (κ3) is 5.81. The lowest BCUT2D eigenvalue weighted by Crippen LogP contribution is -2.30. The highest BCUT2D eigenvalue weighted by molar-refractivity contribution is 5.08. The molecule has 0 aromatic carbocycles. The van der Waals surface area contributed by atoms with Crippen LogP contribution in [0.1, 0.15) is 18.3 Å². The summed E-state index contributed by atoms with van der Waals surface area (Å²) in [7, 11) is 3.84. The average molecular weight is 240 g/mol. The molecule has 0 saturated heterocycles. The number of H-pyrrole nitrogens is 1. The van der Waals surface area contributed by atoms with Gasteiger partial charge >= 0.3 is 0 Å². The first-order chi connectivity index (χ1) is 8.26. The van der Waals surface area contributed by atoms with E-state index in [1.807, 2.05) is 0 Å². The van der Waals surface area contributed by atoms with Crippen molar-refractivity contribution in [1.29, 1.82) is 0 Å². The maximum atomic E-state index is 4.97. The summed E-state index contributed by atoms with van der Waals surface area (Å²) in [5.74, 6) is 0. The number of nitrogens with zero attached hydrogens (tertiary/aromatic N) is 2. The number of likely N-dealkylation sites (N-methyl/N-ethyl adjacent to an activating group) is 1. The van der Waals surface area contributed by atoms with E-state index in [0.29, 0.717) is 0 Å². The summed E-state index contributed by atoms with van der Waals surface area (Å²) in [6, 6.07) is 2.13. The maximum Gasteiger partial charge on any atom is 0.0622 e. The lowest BCUT2D eigenvalue weighted by molar-refractivity contribution is 0.197. The Morgan fingerprint density at radius 3 is 2.94 bits per heavy atom. The molecule has 0 fully saturated rings. The molecule has 98 valence electrons. The van der Waals surface area contributed by atoms with E-state index in [-0.39, 0.29) is 0 Å². The van der Waals surface area contributed by atoms with Gasteiger partial charge in [-0.25, -0.2) is 0 Å². The standard InChI is InChI=1S/C12H24N4O/c1-4-11-9-12(15-14-11)10-16(2)7-5-13-6-8-17-3/h9,13H,4-8,10H2,1-3H3,(H,14,15). The molecule has 0 aliphatic heterocycles. The van der Waals surface area contributed by atoms with E-state index < -0.39 is 0 Å². The van der Waals surface area contributed by atoms with Crippen molar-refractivity contribution in [1.82, 2.24) is 20.4 Å². The molecule has 0 aliphatic rings. The molecule has 0 atom stereocenters. The Kier molecular flexibility index (Phi) is 6.84. The Morgan fingerprint density at radius 2 is 2.29 bits per heavy atom. The molecule has 0 bridgehead atoms. The van der Waals surface area contributed by atoms with Crippen LogP contribution >= 0.6 is 0 Å². The minimum Gasteiger partial charge on any atom is -0.383 e. The van der Waals surface area contributed by atoms with Crippen LogP contribution in [-0.2, 0) is 17.7 Å². The van der Waals surface area contributed by atoms with Crippen LogP contribution < -0.4 is 5.32 Å². The molecule has 0 radical (unpaired) electrons. The van der Waals surface area contributed by atoms with Crippen LogP contribution in [-0.4, -0.2) is 55.5 Å². The summed E-state index contributed by atoms with van der Waals surface area (Å²) in [5.41, 5.74) is 2.31. The Balaban J connectivity index is 2.13. The molecule has 0 amide bonds. The Bertz CT molecular complexity index is 300. The Morgan fingerprint density at radius 1 is 1.47 bits per heavy atom. The van der Waals surface area contributed by atoms with Crippen molar-refractivity contribution in [3.05, 3.63) is 17.5 Å². The topological polar surface area (TPSA) is 53.2 Å². The lowest BCUT2D eigenvalue weighted by Gasteiger charge is -2.15. The van der Waals surface area contributed by atoms with Gasteiger partial charge in [0.25, 0.3) is 0 Å². The lowest BCUT2D eigenvalue weighted by atomic mass is 10.3. The van der Waals surface area contributed by atoms with Gasteiger partial charge in [0.05, 0.1) is 12.3 Å². The number of hydrogen-bond acceptors (Lipinski definition) is 4. The van der Waals surface area contributed by atoms with Crippen LogP contribution in [0.4, 0.5) is 0 Å². The zero-order valence-electron chi connectivity index (χ0n) is 11.1. The van der Waals surface area contributed by atoms with Crippen LogP contribution in [0, 0.1) is 0 Å². The fourth-order valence-corrected chi connectivity index (χ4v) is 1.61. The van der Waals surface area contributed by atoms with Crippen molar-refractivity contribution in [2.75, 3.05) is 40.4 Å². The van der Waals surface area contributed by atoms with Gasteiger partial charge in [0.1, 0.15) is 0 Å². The number of ether oxygens (including phenoxy) is 1. The first kappa shape index (κ1) is 14.2. The van der Waals surface area contributed by atoms with Crippen LogP contribution in [0.2, 0.25) is 0 Å². The normalized spacial score (nSPS) is 11.3. The van der Waals surface area contributed by atoms with Crippen LogP contribution in [0.15, 0.2) is 6.07 Å². The van der Waals surface area contributed by atoms with Gasteiger partial charge in [-0.15, -0.1) is 0 Å². The third-order valence-corrected chi connectivity index (χ3v) is 2.64. The van der Waals surface area contributed by atoms with Crippen LogP contribution in [0.3, 0.4) is 0 Å². The molecule has 1 heterocycles. The van der Waals surface area contributed by atoms with Gasteiger partial charge in [0.2, 0.25) is 0 Å². The molecule has 1 aromatic rings. The number of rotatable bonds is 9. The van der Waals surface area contributed by atoms with Crippen molar-refractivity contribution >= 4 is 0 Å². The molecule has 0 aliphatic carbocycles. The van der Waals surface area contributed by atoms with Crippen molar-refractivity contribution in [2.45, 2.75) is 19.9 Å². The average Bonchev–Trinajstić information content (AvgIpc) is 2.76. The summed E-state index contributed by atoms with van der Waals surface area (Å²) in [6.07, 6.45) is 0.985. The summed E-state index contributed by atoms with van der Waals surface area (Å²) >= 11 is 0. The van der Waals surface area contributed by atoms with Crippen molar-refractivity contribution in [2.24, 2.45) is 0 Å². The highest BCUT2D eigenvalue weighted by atomic mass is 16.5. The SMILES string of the molecule is CCc1cc(CN(C)CCNCCOC)[nH]n1. The number of aromatic nitrogens is 2. The van der Waals surface area contributed by atoms with E-state index in [1.54, 1.807) is 7.11 Å². The maximum absolute atomic E-state index is 4.97. The number of aryl methyl sites for hydroxylation is 1. The van der Waals surface area contributed by atoms with E-state index in [4.69, 9.17) is 4.74 Å². The quantitative estimate of drug-likeness (QED) is 0.622. The van der Waals surface area contributed by atoms with E-state index in [0.717, 1.165) is 44.9 Å². The summed E-state index contributed by atoms with van der Waals surface area (Å²) < 4.78 is 4.97. The molecule has 1 aromatic heterocycles. The summed E-state index contributed by atoms with van der Waals surface area (Å²) in [5, 5.41) is 10.6. The molecule has 0 unspecified atom stereocenters. The molecular formula is C12H24N4O. The minimum absolute atomic E-state index is 0.768. The van der Waals surface area contributed by atoms with Crippen molar-refractivity contribution in [3.63, 3.8) is 0 Å². The summed E-state index contributed by atoms with van der Waals surface area (Å²) in [4.78, 5) is 2.27. The van der Waals surface area contributed by atoms with Crippen LogP contribution in [0.5, 0.6) is 0 Å². The van der Waals surface area contributed by atoms with Gasteiger partial charge in [-0.2, -0.15) is 5.10 Å². The van der Waals surface area contributed by atoms with Gasteiger partial charge < -0.3 is 10.1 Å². The zero-order chi connectivity index (χ0) is 12.5. The second-order valence-electron chi connectivity index (χ2n) is 4.22. The van der Waals surface area contributed by atoms with E-state index in [9.17, 15) is 0 Å². The van der Waals surface area contributed by atoms with Gasteiger partial charge in [-0.1, -0.05) is 6.92 Å². The minimum atomic E-state index is 0.768. The van der Waals surface area contributed by atoms with Gasteiger partial charge in [-0.05, 0) is 19.5 Å². The molecule has 17 heavy (non-hydrogen) atoms. The predicted octanol–water partition coefficient (Wildman–Crippen LogP) is 0.640. The molecular weight excluding hydrogens is 216 g/mol. The van der Waals surface area contributed by atoms with Crippen LogP contribution in [0.25, 0.3) is 0 Å². The van der Waals surface area contributed by atoms with Crippen molar-refractivity contribution in [3.8, 4) is 0 Å². The molecule has 1 rings (SSSR count). The smallest absolute Gasteiger partial charge is 0.0622 e. The van der Waals surface area contributed by atoms with E-state index >= 15 is 0 Å². The van der Waals surface area contributed by atoms with E-state index in [1.165, 1.54) is 5.69 Å². The number of nitrogens with one attached hydrogen (secondary N) is 2. The Hall–Kier alpha value is -0.910. The monoisotopic (exact) mass is 240 g/mol. The predicted molar refractivity (Wildman–Crippen MR) is 69.0 cm³/mol. The largest absolute Gasteiger partial charge is 0.383 e.